The number of allylic oxidation sites excluding steroid dienone is 5. The van der Waals surface area contributed by atoms with Crippen LogP contribution in [-0.2, 0) is 9.13 Å². The van der Waals surface area contributed by atoms with E-state index in [1.807, 2.05) is 0 Å². The largest absolute Gasteiger partial charge is 0.356 e. The summed E-state index contributed by atoms with van der Waals surface area (Å²) in [4.78, 5) is 34.8. The van der Waals surface area contributed by atoms with Crippen molar-refractivity contribution in [1.82, 2.24) is 0 Å². The molecule has 0 amide bonds. The molecule has 0 saturated heterocycles. The third kappa shape index (κ3) is 5.23. The van der Waals surface area contributed by atoms with Gasteiger partial charge in [0.15, 0.2) is 0 Å². The van der Waals surface area contributed by atoms with Crippen molar-refractivity contribution in [2.75, 3.05) is 0 Å². The van der Waals surface area contributed by atoms with Gasteiger partial charge in [-0.15, -0.1) is 0 Å². The van der Waals surface area contributed by atoms with E-state index in [2.05, 4.69) is 6.58 Å². The van der Waals surface area contributed by atoms with E-state index < -0.39 is 20.5 Å². The molecule has 0 aromatic heterocycles. The minimum Gasteiger partial charge on any atom is -0.321 e. The molecule has 4 N–H and O–H groups in total. The van der Waals surface area contributed by atoms with Crippen LogP contribution in [-0.4, -0.2) is 19.6 Å². The highest BCUT2D eigenvalue weighted by molar-refractivity contribution is 7.57. The molecule has 0 aromatic carbocycles. The van der Waals surface area contributed by atoms with E-state index in [4.69, 9.17) is 19.6 Å². The first-order valence-corrected chi connectivity index (χ1v) is 6.94. The summed E-state index contributed by atoms with van der Waals surface area (Å²) in [7, 11) is -8.79. The second-order valence-corrected chi connectivity index (χ2v) is 6.09. The van der Waals surface area contributed by atoms with Crippen molar-refractivity contribution in [3.8, 4) is 0 Å². The first-order valence-electron chi connectivity index (χ1n) is 3.72. The Balaban J connectivity index is 5.17. The van der Waals surface area contributed by atoms with E-state index in [-0.39, 0.29) is 5.31 Å². The highest BCUT2D eigenvalue weighted by Gasteiger charge is 2.18. The van der Waals surface area contributed by atoms with Gasteiger partial charge in [-0.25, -0.2) is 0 Å². The van der Waals surface area contributed by atoms with Crippen LogP contribution in [0.5, 0.6) is 0 Å². The van der Waals surface area contributed by atoms with Gasteiger partial charge in [0.2, 0.25) is 0 Å². The van der Waals surface area contributed by atoms with Gasteiger partial charge in [-0.3, -0.25) is 9.13 Å². The average molecular weight is 254 g/mol. The topological polar surface area (TPSA) is 115 Å². The molecular weight excluding hydrogens is 242 g/mol. The lowest BCUT2D eigenvalue weighted by molar-refractivity contribution is 0.380. The first-order chi connectivity index (χ1) is 6.59. The smallest absolute Gasteiger partial charge is 0.321 e. The zero-order valence-electron chi connectivity index (χ0n) is 7.94. The third-order valence-electron chi connectivity index (χ3n) is 1.50. The van der Waals surface area contributed by atoms with E-state index in [0.29, 0.717) is 0 Å². The van der Waals surface area contributed by atoms with Gasteiger partial charge in [-0.05, 0) is 13.0 Å². The summed E-state index contributed by atoms with van der Waals surface area (Å²) in [6.07, 6.45) is 2.82. The predicted molar refractivity (Wildman–Crippen MR) is 56.1 cm³/mol. The zero-order chi connectivity index (χ0) is 12.3. The molecule has 0 spiro atoms. The monoisotopic (exact) mass is 254 g/mol. The van der Waals surface area contributed by atoms with Crippen molar-refractivity contribution in [2.24, 2.45) is 0 Å². The molecule has 0 rings (SSSR count). The molecule has 0 aliphatic rings. The van der Waals surface area contributed by atoms with Gasteiger partial charge in [0.05, 0.1) is 5.31 Å². The van der Waals surface area contributed by atoms with E-state index in [1.165, 1.54) is 0 Å². The highest BCUT2D eigenvalue weighted by Crippen LogP contribution is 2.47. The van der Waals surface area contributed by atoms with Gasteiger partial charge in [0, 0.05) is 5.31 Å². The molecule has 0 saturated carbocycles. The second kappa shape index (κ2) is 5.03. The fraction of sp³-hybridized carbons (Fsp3) is 0.143. The van der Waals surface area contributed by atoms with Gasteiger partial charge in [0.1, 0.15) is 0 Å². The van der Waals surface area contributed by atoms with Crippen LogP contribution in [0, 0.1) is 0 Å². The molecule has 86 valence electrons. The van der Waals surface area contributed by atoms with Gasteiger partial charge in [0.25, 0.3) is 0 Å². The molecule has 0 heterocycles. The van der Waals surface area contributed by atoms with Crippen LogP contribution in [0.4, 0.5) is 0 Å². The van der Waals surface area contributed by atoms with Crippen molar-refractivity contribution in [2.45, 2.75) is 6.92 Å². The van der Waals surface area contributed by atoms with Gasteiger partial charge in [-0.1, -0.05) is 18.7 Å². The molecule has 6 nitrogen and oxygen atoms in total. The van der Waals surface area contributed by atoms with E-state index >= 15 is 0 Å². The fourth-order valence-corrected chi connectivity index (χ4v) is 1.36. The van der Waals surface area contributed by atoms with E-state index in [9.17, 15) is 9.13 Å². The van der Waals surface area contributed by atoms with Crippen LogP contribution < -0.4 is 0 Å². The quantitative estimate of drug-likeness (QED) is 0.444. The van der Waals surface area contributed by atoms with Crippen molar-refractivity contribution >= 4 is 15.2 Å². The molecule has 0 fully saturated rings. The van der Waals surface area contributed by atoms with Crippen LogP contribution in [0.1, 0.15) is 6.92 Å². The normalized spacial score (nSPS) is 15.3. The molecule has 0 atom stereocenters. The van der Waals surface area contributed by atoms with Gasteiger partial charge >= 0.3 is 15.2 Å². The summed E-state index contributed by atoms with van der Waals surface area (Å²) in [6, 6.07) is 0. The van der Waals surface area contributed by atoms with Crippen LogP contribution in [0.3, 0.4) is 0 Å². The lowest BCUT2D eigenvalue weighted by atomic mass is 10.4. The molecule has 8 heteroatoms. The summed E-state index contributed by atoms with van der Waals surface area (Å²) in [5, 5.41) is -0.675. The summed E-state index contributed by atoms with van der Waals surface area (Å²) in [5.74, 6) is 0. The van der Waals surface area contributed by atoms with Crippen molar-refractivity contribution in [1.29, 1.82) is 0 Å². The molecular formula is C7H12O6P2. The SMILES string of the molecule is C=C/C(=C\C=C(/C)P(=O)(O)O)P(=O)(O)O. The predicted octanol–water partition coefficient (Wildman–Crippen LogP) is 1.32. The minimum atomic E-state index is -4.44. The number of hydrogen-bond acceptors (Lipinski definition) is 2. The summed E-state index contributed by atoms with van der Waals surface area (Å²) < 4.78 is 21.4. The van der Waals surface area contributed by atoms with Crippen LogP contribution in [0.15, 0.2) is 35.4 Å². The fourth-order valence-electron chi connectivity index (χ4n) is 0.587. The maximum atomic E-state index is 10.8. The Kier molecular flexibility index (Phi) is 4.87. The van der Waals surface area contributed by atoms with Crippen LogP contribution >= 0.6 is 15.2 Å². The second-order valence-electron chi connectivity index (χ2n) is 2.69. The summed E-state index contributed by atoms with van der Waals surface area (Å²) in [5.41, 5.74) is 0. The third-order valence-corrected chi connectivity index (χ3v) is 3.57. The van der Waals surface area contributed by atoms with Crippen LogP contribution in [0.25, 0.3) is 0 Å². The standard InChI is InChI=1S/C7H12O6P2/c1-3-7(15(11,12)13)5-4-6(2)14(8,9)10/h3-5H,1H2,2H3,(H2,8,9,10)(H2,11,12,13)/b6-4+,7-5+. The highest BCUT2D eigenvalue weighted by atomic mass is 31.2. The number of rotatable bonds is 4. The first kappa shape index (κ1) is 14.5. The van der Waals surface area contributed by atoms with Gasteiger partial charge in [-0.2, -0.15) is 0 Å². The van der Waals surface area contributed by atoms with Crippen molar-refractivity contribution in [3.63, 3.8) is 0 Å². The number of hydrogen-bond donors (Lipinski definition) is 4. The Morgan fingerprint density at radius 3 is 1.80 bits per heavy atom. The van der Waals surface area contributed by atoms with Crippen molar-refractivity contribution < 1.29 is 28.7 Å². The lowest BCUT2D eigenvalue weighted by Crippen LogP contribution is -1.82. The summed E-state index contributed by atoms with van der Waals surface area (Å²) in [6.45, 7) is 4.35. The molecule has 0 aliphatic heterocycles. The molecule has 15 heavy (non-hydrogen) atoms. The van der Waals surface area contributed by atoms with Crippen molar-refractivity contribution in [3.05, 3.63) is 35.4 Å². The Hall–Kier alpha value is -0.480. The van der Waals surface area contributed by atoms with Crippen LogP contribution in [0.2, 0.25) is 0 Å². The van der Waals surface area contributed by atoms with E-state index in [1.54, 1.807) is 0 Å². The molecule has 0 aliphatic carbocycles. The lowest BCUT2D eigenvalue weighted by Gasteiger charge is -2.04. The minimum absolute atomic E-state index is 0.282. The maximum absolute atomic E-state index is 10.8. The average Bonchev–Trinajstić information content (AvgIpc) is 2.00. The summed E-state index contributed by atoms with van der Waals surface area (Å²) >= 11 is 0. The van der Waals surface area contributed by atoms with Gasteiger partial charge < -0.3 is 19.6 Å². The zero-order valence-corrected chi connectivity index (χ0v) is 9.73. The Bertz CT molecular complexity index is 396. The van der Waals surface area contributed by atoms with E-state index in [0.717, 1.165) is 25.2 Å². The molecule has 0 bridgehead atoms. The molecule has 0 aromatic rings. The Labute approximate surface area is 87.0 Å². The molecule has 0 radical (unpaired) electrons. The maximum Gasteiger partial charge on any atom is 0.356 e. The molecule has 0 unspecified atom stereocenters. The Morgan fingerprint density at radius 2 is 1.53 bits per heavy atom. The Morgan fingerprint density at radius 1 is 1.07 bits per heavy atom.